The summed E-state index contributed by atoms with van der Waals surface area (Å²) in [6.07, 6.45) is 0. The summed E-state index contributed by atoms with van der Waals surface area (Å²) in [5, 5.41) is 7.79. The lowest BCUT2D eigenvalue weighted by Gasteiger charge is -2.12. The largest absolute Gasteiger partial charge is 0.495 e. The number of hydrogen-bond donors (Lipinski definition) is 2. The second kappa shape index (κ2) is 6.17. The molecule has 0 radical (unpaired) electrons. The van der Waals surface area contributed by atoms with Gasteiger partial charge < -0.3 is 10.1 Å². The van der Waals surface area contributed by atoms with Gasteiger partial charge in [0.25, 0.3) is 5.91 Å². The minimum absolute atomic E-state index is 0.108. The molecule has 0 aliphatic rings. The standard InChI is InChI=1S/C15H16N2O4S/c1-10-7-8-11(22(16,19)20)9-12(10)15(18)17-13-5-3-4-6-14(13)21-2/h3-9H,1-2H3,(H,17,18)(H2,16,19,20). The van der Waals surface area contributed by atoms with Gasteiger partial charge in [0.1, 0.15) is 5.75 Å². The fraction of sp³-hybridized carbons (Fsp3) is 0.133. The van der Waals surface area contributed by atoms with Crippen LogP contribution in [0.3, 0.4) is 0 Å². The molecule has 116 valence electrons. The molecule has 3 N–H and O–H groups in total. The van der Waals surface area contributed by atoms with E-state index in [4.69, 9.17) is 9.88 Å². The number of para-hydroxylation sites is 2. The smallest absolute Gasteiger partial charge is 0.256 e. The van der Waals surface area contributed by atoms with Crippen molar-refractivity contribution in [1.29, 1.82) is 0 Å². The predicted molar refractivity (Wildman–Crippen MR) is 83.5 cm³/mol. The van der Waals surface area contributed by atoms with E-state index in [1.807, 2.05) is 0 Å². The summed E-state index contributed by atoms with van der Waals surface area (Å²) >= 11 is 0. The summed E-state index contributed by atoms with van der Waals surface area (Å²) in [4.78, 5) is 12.3. The Balaban J connectivity index is 2.38. The average Bonchev–Trinajstić information content (AvgIpc) is 2.47. The van der Waals surface area contributed by atoms with Crippen molar-refractivity contribution in [2.24, 2.45) is 5.14 Å². The number of carbonyl (C=O) groups is 1. The molecule has 2 aromatic rings. The SMILES string of the molecule is COc1ccccc1NC(=O)c1cc(S(N)(=O)=O)ccc1C. The zero-order chi connectivity index (χ0) is 16.3. The molecule has 0 aromatic heterocycles. The van der Waals surface area contributed by atoms with Crippen LogP contribution in [0.5, 0.6) is 5.75 Å². The predicted octanol–water partition coefficient (Wildman–Crippen LogP) is 1.90. The van der Waals surface area contributed by atoms with Crippen LogP contribution in [0.25, 0.3) is 0 Å². The van der Waals surface area contributed by atoms with E-state index in [0.717, 1.165) is 0 Å². The molecule has 22 heavy (non-hydrogen) atoms. The quantitative estimate of drug-likeness (QED) is 0.899. The van der Waals surface area contributed by atoms with E-state index < -0.39 is 15.9 Å². The van der Waals surface area contributed by atoms with E-state index >= 15 is 0 Å². The van der Waals surface area contributed by atoms with Crippen LogP contribution in [0.15, 0.2) is 47.4 Å². The number of anilines is 1. The molecule has 0 heterocycles. The van der Waals surface area contributed by atoms with Crippen molar-refractivity contribution in [3.63, 3.8) is 0 Å². The summed E-state index contributed by atoms with van der Waals surface area (Å²) in [6, 6.07) is 11.1. The molecule has 0 saturated heterocycles. The van der Waals surface area contributed by atoms with Crippen LogP contribution in [-0.4, -0.2) is 21.4 Å². The average molecular weight is 320 g/mol. The third-order valence-corrected chi connectivity index (χ3v) is 4.05. The van der Waals surface area contributed by atoms with Gasteiger partial charge in [-0.15, -0.1) is 0 Å². The van der Waals surface area contributed by atoms with E-state index in [1.165, 1.54) is 25.3 Å². The number of methoxy groups -OCH3 is 1. The Kier molecular flexibility index (Phi) is 4.48. The molecule has 0 atom stereocenters. The zero-order valence-electron chi connectivity index (χ0n) is 12.2. The van der Waals surface area contributed by atoms with Crippen molar-refractivity contribution >= 4 is 21.6 Å². The van der Waals surface area contributed by atoms with Crippen LogP contribution >= 0.6 is 0 Å². The monoisotopic (exact) mass is 320 g/mol. The maximum absolute atomic E-state index is 12.4. The van der Waals surface area contributed by atoms with Gasteiger partial charge in [0.2, 0.25) is 10.0 Å². The first kappa shape index (κ1) is 16.0. The fourth-order valence-electron chi connectivity index (χ4n) is 1.96. The van der Waals surface area contributed by atoms with E-state index in [0.29, 0.717) is 17.0 Å². The van der Waals surface area contributed by atoms with Crippen molar-refractivity contribution in [2.75, 3.05) is 12.4 Å². The number of primary sulfonamides is 1. The van der Waals surface area contributed by atoms with Crippen molar-refractivity contribution in [2.45, 2.75) is 11.8 Å². The second-order valence-corrected chi connectivity index (χ2v) is 6.24. The van der Waals surface area contributed by atoms with Crippen molar-refractivity contribution < 1.29 is 17.9 Å². The van der Waals surface area contributed by atoms with Gasteiger partial charge in [-0.1, -0.05) is 18.2 Å². The highest BCUT2D eigenvalue weighted by atomic mass is 32.2. The minimum Gasteiger partial charge on any atom is -0.495 e. The Bertz CT molecular complexity index is 816. The van der Waals surface area contributed by atoms with Gasteiger partial charge in [0.05, 0.1) is 17.7 Å². The van der Waals surface area contributed by atoms with E-state index in [9.17, 15) is 13.2 Å². The minimum atomic E-state index is -3.87. The Morgan fingerprint density at radius 2 is 1.86 bits per heavy atom. The first-order valence-corrected chi connectivity index (χ1v) is 7.95. The molecule has 0 bridgehead atoms. The third kappa shape index (κ3) is 3.44. The maximum atomic E-state index is 12.4. The molecule has 2 rings (SSSR count). The topological polar surface area (TPSA) is 98.5 Å². The Labute approximate surface area is 129 Å². The molecule has 0 fully saturated rings. The number of hydrogen-bond acceptors (Lipinski definition) is 4. The summed E-state index contributed by atoms with van der Waals surface area (Å²) in [7, 11) is -2.37. The van der Waals surface area contributed by atoms with Crippen molar-refractivity contribution in [3.8, 4) is 5.75 Å². The highest BCUT2D eigenvalue weighted by Crippen LogP contribution is 2.24. The molecule has 0 saturated carbocycles. The summed E-state index contributed by atoms with van der Waals surface area (Å²) in [5.74, 6) is 0.0728. The van der Waals surface area contributed by atoms with Gasteiger partial charge in [-0.05, 0) is 36.8 Å². The number of nitrogens with one attached hydrogen (secondary N) is 1. The summed E-state index contributed by atoms with van der Waals surface area (Å²) in [6.45, 7) is 1.71. The number of benzene rings is 2. The van der Waals surface area contributed by atoms with E-state index in [2.05, 4.69) is 5.32 Å². The molecule has 0 spiro atoms. The molecule has 0 aliphatic heterocycles. The molecule has 1 amide bonds. The number of aryl methyl sites for hydroxylation is 1. The van der Waals surface area contributed by atoms with Crippen LogP contribution < -0.4 is 15.2 Å². The Morgan fingerprint density at radius 1 is 1.18 bits per heavy atom. The molecule has 0 unspecified atom stereocenters. The molecule has 6 nitrogen and oxygen atoms in total. The van der Waals surface area contributed by atoms with Gasteiger partial charge >= 0.3 is 0 Å². The first-order chi connectivity index (χ1) is 10.3. The van der Waals surface area contributed by atoms with Crippen molar-refractivity contribution in [3.05, 3.63) is 53.6 Å². The van der Waals surface area contributed by atoms with Gasteiger partial charge in [-0.3, -0.25) is 4.79 Å². The molecule has 7 heteroatoms. The fourth-order valence-corrected chi connectivity index (χ4v) is 2.50. The third-order valence-electron chi connectivity index (χ3n) is 3.14. The van der Waals surface area contributed by atoms with Crippen LogP contribution in [0, 0.1) is 6.92 Å². The van der Waals surface area contributed by atoms with Crippen LogP contribution in [0.1, 0.15) is 15.9 Å². The first-order valence-electron chi connectivity index (χ1n) is 6.41. The number of amides is 1. The van der Waals surface area contributed by atoms with Crippen LogP contribution in [0.2, 0.25) is 0 Å². The van der Waals surface area contributed by atoms with Gasteiger partial charge in [-0.2, -0.15) is 0 Å². The molecular weight excluding hydrogens is 304 g/mol. The summed E-state index contributed by atoms with van der Waals surface area (Å²) < 4.78 is 28.0. The normalized spacial score (nSPS) is 11.0. The lowest BCUT2D eigenvalue weighted by molar-refractivity contribution is 0.102. The molecule has 0 aliphatic carbocycles. The van der Waals surface area contributed by atoms with Crippen LogP contribution in [0.4, 0.5) is 5.69 Å². The maximum Gasteiger partial charge on any atom is 0.256 e. The van der Waals surface area contributed by atoms with E-state index in [1.54, 1.807) is 31.2 Å². The number of nitrogens with two attached hydrogens (primary N) is 1. The Morgan fingerprint density at radius 3 is 2.50 bits per heavy atom. The number of rotatable bonds is 4. The van der Waals surface area contributed by atoms with Gasteiger partial charge in [-0.25, -0.2) is 13.6 Å². The lowest BCUT2D eigenvalue weighted by Crippen LogP contribution is -2.17. The Hall–Kier alpha value is -2.38. The molecular formula is C15H16N2O4S. The van der Waals surface area contributed by atoms with Crippen LogP contribution in [-0.2, 0) is 10.0 Å². The summed E-state index contributed by atoms with van der Waals surface area (Å²) in [5.41, 5.74) is 1.37. The molecule has 2 aromatic carbocycles. The van der Waals surface area contributed by atoms with Gasteiger partial charge in [0.15, 0.2) is 0 Å². The highest BCUT2D eigenvalue weighted by Gasteiger charge is 2.16. The van der Waals surface area contributed by atoms with Gasteiger partial charge in [0, 0.05) is 5.56 Å². The lowest BCUT2D eigenvalue weighted by atomic mass is 10.1. The number of ether oxygens (including phenoxy) is 1. The number of sulfonamides is 1. The van der Waals surface area contributed by atoms with E-state index in [-0.39, 0.29) is 10.5 Å². The second-order valence-electron chi connectivity index (χ2n) is 4.68. The van der Waals surface area contributed by atoms with Crippen molar-refractivity contribution in [1.82, 2.24) is 0 Å². The zero-order valence-corrected chi connectivity index (χ0v) is 13.0. The number of carbonyl (C=O) groups excluding carboxylic acids is 1. The highest BCUT2D eigenvalue weighted by molar-refractivity contribution is 7.89.